The molecule has 1 amide bonds. The number of carbonyl (C=O) groups excluding carboxylic acids is 1. The van der Waals surface area contributed by atoms with Gasteiger partial charge in [-0.25, -0.2) is 0 Å². The second kappa shape index (κ2) is 8.49. The average Bonchev–Trinajstić information content (AvgIpc) is 2.51. The number of nitrogens with one attached hydrogen (secondary N) is 1. The van der Waals surface area contributed by atoms with Crippen molar-refractivity contribution in [1.29, 1.82) is 0 Å². The van der Waals surface area contributed by atoms with Gasteiger partial charge >= 0.3 is 0 Å². The van der Waals surface area contributed by atoms with Gasteiger partial charge in [-0.3, -0.25) is 4.79 Å². The first-order valence-electron chi connectivity index (χ1n) is 6.80. The monoisotopic (exact) mass is 296 g/mol. The van der Waals surface area contributed by atoms with E-state index in [9.17, 15) is 4.79 Å². The molecule has 0 aliphatic heterocycles. The van der Waals surface area contributed by atoms with Gasteiger partial charge in [0.25, 0.3) is 0 Å². The summed E-state index contributed by atoms with van der Waals surface area (Å²) in [5, 5.41) is 2.88. The van der Waals surface area contributed by atoms with E-state index in [0.717, 1.165) is 5.56 Å². The molecule has 0 spiro atoms. The highest BCUT2D eigenvalue weighted by Gasteiger charge is 2.17. The smallest absolute Gasteiger partial charge is 0.237 e. The van der Waals surface area contributed by atoms with Crippen LogP contribution in [0.1, 0.15) is 24.9 Å². The summed E-state index contributed by atoms with van der Waals surface area (Å²) in [6.45, 7) is 2.35. The summed E-state index contributed by atoms with van der Waals surface area (Å²) in [7, 11) is 4.74. The van der Waals surface area contributed by atoms with E-state index in [1.165, 1.54) is 0 Å². The van der Waals surface area contributed by atoms with Crippen molar-refractivity contribution < 1.29 is 19.0 Å². The molecule has 0 heterocycles. The zero-order chi connectivity index (χ0) is 15.8. The van der Waals surface area contributed by atoms with Crippen LogP contribution >= 0.6 is 0 Å². The van der Waals surface area contributed by atoms with E-state index in [-0.39, 0.29) is 11.9 Å². The lowest BCUT2D eigenvalue weighted by Gasteiger charge is -2.19. The van der Waals surface area contributed by atoms with E-state index in [1.54, 1.807) is 21.3 Å². The van der Waals surface area contributed by atoms with Crippen LogP contribution in [0.15, 0.2) is 18.2 Å². The highest BCUT2D eigenvalue weighted by Crippen LogP contribution is 2.29. The highest BCUT2D eigenvalue weighted by atomic mass is 16.5. The van der Waals surface area contributed by atoms with Crippen LogP contribution in [-0.4, -0.2) is 39.9 Å². The van der Waals surface area contributed by atoms with Gasteiger partial charge in [0.15, 0.2) is 11.5 Å². The van der Waals surface area contributed by atoms with Crippen molar-refractivity contribution >= 4 is 5.91 Å². The van der Waals surface area contributed by atoms with Gasteiger partial charge in [0.2, 0.25) is 5.91 Å². The van der Waals surface area contributed by atoms with Gasteiger partial charge in [-0.1, -0.05) is 6.07 Å². The molecule has 0 aliphatic rings. The summed E-state index contributed by atoms with van der Waals surface area (Å²) >= 11 is 0. The fraction of sp³-hybridized carbons (Fsp3) is 0.533. The van der Waals surface area contributed by atoms with Crippen LogP contribution in [-0.2, 0) is 9.53 Å². The van der Waals surface area contributed by atoms with Gasteiger partial charge in [-0.05, 0) is 31.0 Å². The molecule has 0 bridgehead atoms. The Labute approximate surface area is 125 Å². The van der Waals surface area contributed by atoms with Crippen molar-refractivity contribution in [2.45, 2.75) is 25.4 Å². The Morgan fingerprint density at radius 3 is 2.48 bits per heavy atom. The van der Waals surface area contributed by atoms with Crippen molar-refractivity contribution in [3.05, 3.63) is 23.8 Å². The van der Waals surface area contributed by atoms with Crippen LogP contribution in [0.25, 0.3) is 0 Å². The van der Waals surface area contributed by atoms with Crippen LogP contribution in [0, 0.1) is 0 Å². The maximum atomic E-state index is 12.0. The molecule has 0 saturated carbocycles. The van der Waals surface area contributed by atoms with Gasteiger partial charge in [0, 0.05) is 13.7 Å². The minimum atomic E-state index is -0.576. The van der Waals surface area contributed by atoms with Crippen LogP contribution in [0.3, 0.4) is 0 Å². The number of carbonyl (C=O) groups is 1. The Bertz CT molecular complexity index is 465. The van der Waals surface area contributed by atoms with Gasteiger partial charge in [-0.2, -0.15) is 0 Å². The SMILES string of the molecule is COCCC(N)C(=O)NC(C)c1ccc(OC)c(OC)c1. The topological polar surface area (TPSA) is 82.8 Å². The summed E-state index contributed by atoms with van der Waals surface area (Å²) in [6.07, 6.45) is 0.487. The Hall–Kier alpha value is -1.79. The minimum absolute atomic E-state index is 0.175. The van der Waals surface area contributed by atoms with E-state index in [1.807, 2.05) is 25.1 Å². The number of nitrogens with two attached hydrogens (primary N) is 1. The highest BCUT2D eigenvalue weighted by molar-refractivity contribution is 5.81. The largest absolute Gasteiger partial charge is 0.493 e. The van der Waals surface area contributed by atoms with E-state index in [0.29, 0.717) is 24.5 Å². The molecule has 0 saturated heterocycles. The number of benzene rings is 1. The summed E-state index contributed by atoms with van der Waals surface area (Å²) in [6, 6.07) is 4.78. The summed E-state index contributed by atoms with van der Waals surface area (Å²) in [4.78, 5) is 12.0. The van der Waals surface area contributed by atoms with Crippen molar-refractivity contribution in [3.8, 4) is 11.5 Å². The fourth-order valence-electron chi connectivity index (χ4n) is 1.90. The molecule has 21 heavy (non-hydrogen) atoms. The molecule has 0 fully saturated rings. The van der Waals surface area contributed by atoms with E-state index < -0.39 is 6.04 Å². The molecule has 6 nitrogen and oxygen atoms in total. The van der Waals surface area contributed by atoms with Crippen molar-refractivity contribution in [1.82, 2.24) is 5.32 Å². The first-order chi connectivity index (χ1) is 10.0. The third-order valence-electron chi connectivity index (χ3n) is 3.24. The predicted molar refractivity (Wildman–Crippen MR) is 80.6 cm³/mol. The first kappa shape index (κ1) is 17.3. The summed E-state index contributed by atoms with van der Waals surface area (Å²) in [5.74, 6) is 1.07. The molecular formula is C15H24N2O4. The summed E-state index contributed by atoms with van der Waals surface area (Å²) in [5.41, 5.74) is 6.71. The molecule has 6 heteroatoms. The van der Waals surface area contributed by atoms with Crippen LogP contribution < -0.4 is 20.5 Å². The number of ether oxygens (including phenoxy) is 3. The number of hydrogen-bond acceptors (Lipinski definition) is 5. The van der Waals surface area contributed by atoms with E-state index in [4.69, 9.17) is 19.9 Å². The van der Waals surface area contributed by atoms with Crippen molar-refractivity contribution in [2.75, 3.05) is 27.9 Å². The zero-order valence-corrected chi connectivity index (χ0v) is 13.0. The van der Waals surface area contributed by atoms with E-state index in [2.05, 4.69) is 5.32 Å². The Balaban J connectivity index is 2.70. The quantitative estimate of drug-likeness (QED) is 0.754. The average molecular weight is 296 g/mol. The number of amides is 1. The van der Waals surface area contributed by atoms with Gasteiger partial charge < -0.3 is 25.3 Å². The number of hydrogen-bond donors (Lipinski definition) is 2. The summed E-state index contributed by atoms with van der Waals surface area (Å²) < 4.78 is 15.4. The Morgan fingerprint density at radius 1 is 1.24 bits per heavy atom. The first-order valence-corrected chi connectivity index (χ1v) is 6.80. The zero-order valence-electron chi connectivity index (χ0n) is 13.0. The minimum Gasteiger partial charge on any atom is -0.493 e. The van der Waals surface area contributed by atoms with Gasteiger partial charge in [0.1, 0.15) is 0 Å². The second-order valence-corrected chi connectivity index (χ2v) is 4.73. The molecule has 2 unspecified atom stereocenters. The van der Waals surface area contributed by atoms with Crippen LogP contribution in [0.5, 0.6) is 11.5 Å². The molecule has 0 aliphatic carbocycles. The molecule has 2 atom stereocenters. The standard InChI is InChI=1S/C15H24N2O4/c1-10(17-15(18)12(16)7-8-19-2)11-5-6-13(20-3)14(9-11)21-4/h5-6,9-10,12H,7-8,16H2,1-4H3,(H,17,18). The number of rotatable bonds is 8. The van der Waals surface area contributed by atoms with Crippen LogP contribution in [0.4, 0.5) is 0 Å². The van der Waals surface area contributed by atoms with Crippen molar-refractivity contribution in [3.63, 3.8) is 0 Å². The molecule has 0 radical (unpaired) electrons. The predicted octanol–water partition coefficient (Wildman–Crippen LogP) is 1.24. The Morgan fingerprint density at radius 2 is 1.90 bits per heavy atom. The lowest BCUT2D eigenvalue weighted by molar-refractivity contribution is -0.123. The normalized spacial score (nSPS) is 13.4. The van der Waals surface area contributed by atoms with Gasteiger partial charge in [-0.15, -0.1) is 0 Å². The molecular weight excluding hydrogens is 272 g/mol. The third-order valence-corrected chi connectivity index (χ3v) is 3.24. The lowest BCUT2D eigenvalue weighted by atomic mass is 10.1. The van der Waals surface area contributed by atoms with E-state index >= 15 is 0 Å². The molecule has 118 valence electrons. The maximum absolute atomic E-state index is 12.0. The molecule has 0 aromatic heterocycles. The maximum Gasteiger partial charge on any atom is 0.237 e. The third kappa shape index (κ3) is 4.91. The Kier molecular flexibility index (Phi) is 6.98. The van der Waals surface area contributed by atoms with Crippen molar-refractivity contribution in [2.24, 2.45) is 5.73 Å². The molecule has 3 N–H and O–H groups in total. The molecule has 1 rings (SSSR count). The fourth-order valence-corrected chi connectivity index (χ4v) is 1.90. The molecule has 1 aromatic carbocycles. The van der Waals surface area contributed by atoms with Gasteiger partial charge in [0.05, 0.1) is 26.3 Å². The lowest BCUT2D eigenvalue weighted by Crippen LogP contribution is -2.42. The number of methoxy groups -OCH3 is 3. The molecule has 1 aromatic rings. The second-order valence-electron chi connectivity index (χ2n) is 4.73. The van der Waals surface area contributed by atoms with Crippen LogP contribution in [0.2, 0.25) is 0 Å².